The van der Waals surface area contributed by atoms with Gasteiger partial charge in [0.2, 0.25) is 0 Å². The van der Waals surface area contributed by atoms with Gasteiger partial charge < -0.3 is 15.1 Å². The lowest BCUT2D eigenvalue weighted by Crippen LogP contribution is -2.37. The van der Waals surface area contributed by atoms with Crippen LogP contribution in [0.15, 0.2) is 24.3 Å². The Bertz CT molecular complexity index is 474. The number of halogens is 1. The van der Waals surface area contributed by atoms with Gasteiger partial charge in [0.15, 0.2) is 0 Å². The van der Waals surface area contributed by atoms with Gasteiger partial charge in [-0.15, -0.1) is 0 Å². The molecule has 1 aromatic rings. The Morgan fingerprint density at radius 1 is 1.38 bits per heavy atom. The van der Waals surface area contributed by atoms with Crippen LogP contribution in [0.1, 0.15) is 32.1 Å². The van der Waals surface area contributed by atoms with Crippen molar-refractivity contribution in [2.75, 3.05) is 18.0 Å². The van der Waals surface area contributed by atoms with Crippen molar-refractivity contribution in [2.24, 2.45) is 5.92 Å². The molecular weight excluding hydrogens is 290 g/mol. The lowest BCUT2D eigenvalue weighted by atomic mass is 9.99. The summed E-state index contributed by atoms with van der Waals surface area (Å²) in [6, 6.07) is 7.08. The largest absolute Gasteiger partial charge is 0.480 e. The zero-order valence-corrected chi connectivity index (χ0v) is 12.8. The van der Waals surface area contributed by atoms with Gasteiger partial charge in [-0.1, -0.05) is 43.4 Å². The molecule has 1 atom stereocenters. The lowest BCUT2D eigenvalue weighted by molar-refractivity contribution is -0.135. The standard InChI is InChI=1S/C16H22ClNO3/c17-13-6-3-7-14(9-13)18(11-16(20)21)10-15(19)8-12-4-1-2-5-12/h3,6-7,9,12,15,19H,1-2,4-5,8,10-11H2,(H,20,21). The van der Waals surface area contributed by atoms with E-state index in [4.69, 9.17) is 16.7 Å². The molecule has 0 amide bonds. The summed E-state index contributed by atoms with van der Waals surface area (Å²) in [6.45, 7) is 0.186. The number of carboxylic acids is 1. The minimum atomic E-state index is -0.914. The van der Waals surface area contributed by atoms with Crippen molar-refractivity contribution >= 4 is 23.3 Å². The van der Waals surface area contributed by atoms with E-state index in [1.54, 1.807) is 23.1 Å². The molecule has 2 rings (SSSR count). The summed E-state index contributed by atoms with van der Waals surface area (Å²) in [5.41, 5.74) is 0.732. The molecule has 1 aromatic carbocycles. The van der Waals surface area contributed by atoms with Crippen LogP contribution in [-0.2, 0) is 4.79 Å². The molecule has 4 nitrogen and oxygen atoms in total. The van der Waals surface area contributed by atoms with Crippen LogP contribution < -0.4 is 4.90 Å². The van der Waals surface area contributed by atoms with Gasteiger partial charge in [-0.3, -0.25) is 4.79 Å². The molecule has 1 aliphatic rings. The molecule has 116 valence electrons. The predicted octanol–water partition coefficient (Wildman–Crippen LogP) is 3.17. The van der Waals surface area contributed by atoms with E-state index in [1.807, 2.05) is 6.07 Å². The summed E-state index contributed by atoms with van der Waals surface area (Å²) in [7, 11) is 0. The number of benzene rings is 1. The summed E-state index contributed by atoms with van der Waals surface area (Å²) in [6.07, 6.45) is 5.07. The molecule has 0 radical (unpaired) electrons. The minimum Gasteiger partial charge on any atom is -0.480 e. The summed E-state index contributed by atoms with van der Waals surface area (Å²) in [5, 5.41) is 19.9. The van der Waals surface area contributed by atoms with E-state index >= 15 is 0 Å². The molecule has 1 unspecified atom stereocenters. The normalized spacial score (nSPS) is 16.9. The predicted molar refractivity (Wildman–Crippen MR) is 83.9 cm³/mol. The maximum absolute atomic E-state index is 11.0. The van der Waals surface area contributed by atoms with Crippen molar-refractivity contribution < 1.29 is 15.0 Å². The zero-order chi connectivity index (χ0) is 15.2. The fourth-order valence-corrected chi connectivity index (χ4v) is 3.24. The van der Waals surface area contributed by atoms with E-state index in [1.165, 1.54) is 25.7 Å². The quantitative estimate of drug-likeness (QED) is 0.812. The van der Waals surface area contributed by atoms with Gasteiger partial charge in [-0.2, -0.15) is 0 Å². The van der Waals surface area contributed by atoms with E-state index in [-0.39, 0.29) is 6.54 Å². The second-order valence-corrected chi connectivity index (χ2v) is 6.23. The van der Waals surface area contributed by atoms with E-state index in [0.717, 1.165) is 12.1 Å². The maximum Gasteiger partial charge on any atom is 0.323 e. The molecule has 0 bridgehead atoms. The van der Waals surface area contributed by atoms with Crippen molar-refractivity contribution in [1.82, 2.24) is 0 Å². The number of hydrogen-bond donors (Lipinski definition) is 2. The lowest BCUT2D eigenvalue weighted by Gasteiger charge is -2.27. The van der Waals surface area contributed by atoms with Crippen LogP contribution in [-0.4, -0.2) is 35.4 Å². The first-order valence-electron chi connectivity index (χ1n) is 7.45. The fraction of sp³-hybridized carbons (Fsp3) is 0.562. The number of rotatable bonds is 7. The van der Waals surface area contributed by atoms with Crippen LogP contribution in [0.3, 0.4) is 0 Å². The molecule has 0 spiro atoms. The molecular formula is C16H22ClNO3. The molecule has 1 aliphatic carbocycles. The number of aliphatic carboxylic acids is 1. The fourth-order valence-electron chi connectivity index (χ4n) is 3.06. The van der Waals surface area contributed by atoms with E-state index in [0.29, 0.717) is 17.5 Å². The SMILES string of the molecule is O=C(O)CN(CC(O)CC1CCCC1)c1cccc(Cl)c1. The Kier molecular flexibility index (Phi) is 5.88. The average Bonchev–Trinajstić information content (AvgIpc) is 2.90. The second-order valence-electron chi connectivity index (χ2n) is 5.79. The molecule has 1 fully saturated rings. The molecule has 21 heavy (non-hydrogen) atoms. The average molecular weight is 312 g/mol. The molecule has 2 N–H and O–H groups in total. The number of aliphatic hydroxyl groups is 1. The summed E-state index contributed by atoms with van der Waals surface area (Å²) in [5.74, 6) is -0.339. The molecule has 0 saturated heterocycles. The molecule has 5 heteroatoms. The third-order valence-corrected chi connectivity index (χ3v) is 4.25. The van der Waals surface area contributed by atoms with Gasteiger partial charge in [-0.05, 0) is 30.5 Å². The zero-order valence-electron chi connectivity index (χ0n) is 12.0. The number of carboxylic acid groups (broad SMARTS) is 1. The summed E-state index contributed by atoms with van der Waals surface area (Å²) in [4.78, 5) is 12.7. The number of anilines is 1. The minimum absolute atomic E-state index is 0.137. The van der Waals surface area contributed by atoms with Crippen molar-refractivity contribution in [3.63, 3.8) is 0 Å². The first-order chi connectivity index (χ1) is 10.0. The van der Waals surface area contributed by atoms with E-state index < -0.39 is 12.1 Å². The van der Waals surface area contributed by atoms with Gasteiger partial charge in [-0.25, -0.2) is 0 Å². The maximum atomic E-state index is 11.0. The summed E-state index contributed by atoms with van der Waals surface area (Å²) >= 11 is 5.96. The Morgan fingerprint density at radius 2 is 2.10 bits per heavy atom. The highest BCUT2D eigenvalue weighted by molar-refractivity contribution is 6.30. The smallest absolute Gasteiger partial charge is 0.323 e. The van der Waals surface area contributed by atoms with Crippen LogP contribution in [0.25, 0.3) is 0 Å². The summed E-state index contributed by atoms with van der Waals surface area (Å²) < 4.78 is 0. The van der Waals surface area contributed by atoms with Crippen LogP contribution >= 0.6 is 11.6 Å². The van der Waals surface area contributed by atoms with Crippen molar-refractivity contribution in [3.05, 3.63) is 29.3 Å². The number of aliphatic hydroxyl groups excluding tert-OH is 1. The van der Waals surface area contributed by atoms with Gasteiger partial charge in [0, 0.05) is 17.3 Å². The number of nitrogens with zero attached hydrogens (tertiary/aromatic N) is 1. The van der Waals surface area contributed by atoms with Gasteiger partial charge in [0.25, 0.3) is 0 Å². The molecule has 0 aliphatic heterocycles. The Balaban J connectivity index is 1.99. The van der Waals surface area contributed by atoms with Crippen LogP contribution in [0.2, 0.25) is 5.02 Å². The second kappa shape index (κ2) is 7.66. The molecule has 1 saturated carbocycles. The highest BCUT2D eigenvalue weighted by Crippen LogP contribution is 2.29. The van der Waals surface area contributed by atoms with E-state index in [2.05, 4.69) is 0 Å². The van der Waals surface area contributed by atoms with Gasteiger partial charge in [0.1, 0.15) is 6.54 Å². The molecule has 0 heterocycles. The van der Waals surface area contributed by atoms with Gasteiger partial charge >= 0.3 is 5.97 Å². The Morgan fingerprint density at radius 3 is 2.71 bits per heavy atom. The topological polar surface area (TPSA) is 60.8 Å². The van der Waals surface area contributed by atoms with Gasteiger partial charge in [0.05, 0.1) is 6.10 Å². The van der Waals surface area contributed by atoms with Crippen molar-refractivity contribution in [1.29, 1.82) is 0 Å². The number of carbonyl (C=O) groups is 1. The van der Waals surface area contributed by atoms with Crippen molar-refractivity contribution in [2.45, 2.75) is 38.2 Å². The highest BCUT2D eigenvalue weighted by atomic mass is 35.5. The first kappa shape index (κ1) is 16.1. The molecule has 0 aromatic heterocycles. The third-order valence-electron chi connectivity index (χ3n) is 4.01. The monoisotopic (exact) mass is 311 g/mol. The van der Waals surface area contributed by atoms with Crippen LogP contribution in [0.5, 0.6) is 0 Å². The Hall–Kier alpha value is -1.26. The highest BCUT2D eigenvalue weighted by Gasteiger charge is 2.21. The third kappa shape index (κ3) is 5.21. The Labute approximate surface area is 130 Å². The van der Waals surface area contributed by atoms with Crippen molar-refractivity contribution in [3.8, 4) is 0 Å². The van der Waals surface area contributed by atoms with E-state index in [9.17, 15) is 9.90 Å². The first-order valence-corrected chi connectivity index (χ1v) is 7.83. The van der Waals surface area contributed by atoms with Crippen LogP contribution in [0.4, 0.5) is 5.69 Å². The van der Waals surface area contributed by atoms with Crippen LogP contribution in [0, 0.1) is 5.92 Å². The number of hydrogen-bond acceptors (Lipinski definition) is 3.